The molecule has 2 aromatic carbocycles. The molecule has 0 saturated heterocycles. The molecule has 35 heavy (non-hydrogen) atoms. The van der Waals surface area contributed by atoms with E-state index < -0.39 is 17.1 Å². The van der Waals surface area contributed by atoms with Gasteiger partial charge >= 0.3 is 5.69 Å². The summed E-state index contributed by atoms with van der Waals surface area (Å²) in [5, 5.41) is 13.5. The van der Waals surface area contributed by atoms with Crippen molar-refractivity contribution in [2.24, 2.45) is 19.1 Å². The molecule has 0 saturated carbocycles. The van der Waals surface area contributed by atoms with Crippen LogP contribution in [0.15, 0.2) is 63.1 Å². The molecule has 11 heteroatoms. The summed E-state index contributed by atoms with van der Waals surface area (Å²) in [7, 11) is 5.77. The number of nitrogens with one attached hydrogen (secondary N) is 1. The lowest BCUT2D eigenvalue weighted by molar-refractivity contribution is -0.118. The van der Waals surface area contributed by atoms with Gasteiger partial charge in [0.1, 0.15) is 22.1 Å². The zero-order valence-electron chi connectivity index (χ0n) is 19.8. The molecule has 3 rings (SSSR count). The molecule has 0 atom stereocenters. The number of rotatable bonds is 8. The molecule has 2 N–H and O–H groups in total. The smallest absolute Gasteiger partial charge is 0.333 e. The van der Waals surface area contributed by atoms with Crippen LogP contribution in [0.5, 0.6) is 17.4 Å². The Kier molecular flexibility index (Phi) is 8.37. The number of carbonyl (C=O) groups excluding carboxylic acids is 1. The van der Waals surface area contributed by atoms with Crippen LogP contribution in [0.4, 0.5) is 5.69 Å². The lowest BCUT2D eigenvalue weighted by atomic mass is 10.2. The number of aromatic nitrogens is 2. The number of nitrogens with zero attached hydrogens (tertiary/aromatic N) is 3. The van der Waals surface area contributed by atoms with Crippen molar-refractivity contribution >= 4 is 28.4 Å². The van der Waals surface area contributed by atoms with Gasteiger partial charge < -0.3 is 19.9 Å². The van der Waals surface area contributed by atoms with Gasteiger partial charge in [-0.15, -0.1) is 0 Å². The standard InChI is InChI=1S/C24H26N4O6S/c1-27-22(30)20(23(31)28(2)24(27)32)21(26-16-7-11-18(34-4)12-8-16)35-14-19(29)25-13-15-5-9-17(33-3)10-6-15/h5-12,30H,13-14H2,1-4H3,(H,25,29). The molecule has 0 unspecified atom stereocenters. The van der Waals surface area contributed by atoms with Crippen LogP contribution < -0.4 is 26.0 Å². The summed E-state index contributed by atoms with van der Waals surface area (Å²) < 4.78 is 12.1. The number of amides is 1. The molecular weight excluding hydrogens is 472 g/mol. The maximum Gasteiger partial charge on any atom is 0.333 e. The molecule has 0 bridgehead atoms. The topological polar surface area (TPSA) is 124 Å². The van der Waals surface area contributed by atoms with E-state index >= 15 is 0 Å². The zero-order chi connectivity index (χ0) is 25.5. The highest BCUT2D eigenvalue weighted by molar-refractivity contribution is 8.15. The van der Waals surface area contributed by atoms with Gasteiger partial charge in [0.25, 0.3) is 5.56 Å². The predicted octanol–water partition coefficient (Wildman–Crippen LogP) is 1.93. The third-order valence-electron chi connectivity index (χ3n) is 5.14. The number of aromatic hydroxyl groups is 1. The molecule has 184 valence electrons. The number of hydrogen-bond donors (Lipinski definition) is 2. The van der Waals surface area contributed by atoms with Crippen molar-refractivity contribution in [2.45, 2.75) is 6.54 Å². The average Bonchev–Trinajstić information content (AvgIpc) is 2.88. The second-order valence-corrected chi connectivity index (χ2v) is 8.40. The largest absolute Gasteiger partial charge is 0.497 e. The summed E-state index contributed by atoms with van der Waals surface area (Å²) in [6.07, 6.45) is 0. The SMILES string of the molecule is COc1ccc(CNC(=O)CSC(=Nc2ccc(OC)cc2)c2c(O)n(C)c(=O)n(C)c2=O)cc1. The number of thioether (sulfide) groups is 1. The Bertz CT molecular complexity index is 1340. The van der Waals surface area contributed by atoms with Gasteiger partial charge in [0, 0.05) is 20.6 Å². The van der Waals surface area contributed by atoms with Crippen LogP contribution in [0.2, 0.25) is 0 Å². The van der Waals surface area contributed by atoms with Crippen molar-refractivity contribution in [1.82, 2.24) is 14.5 Å². The van der Waals surface area contributed by atoms with E-state index in [-0.39, 0.29) is 22.3 Å². The molecule has 0 aliphatic carbocycles. The third kappa shape index (κ3) is 6.12. The Hall–Kier alpha value is -3.99. The second kappa shape index (κ2) is 11.4. The predicted molar refractivity (Wildman–Crippen MR) is 135 cm³/mol. The van der Waals surface area contributed by atoms with Crippen molar-refractivity contribution < 1.29 is 19.4 Å². The lowest BCUT2D eigenvalue weighted by Gasteiger charge is -2.13. The monoisotopic (exact) mass is 498 g/mol. The van der Waals surface area contributed by atoms with Crippen LogP contribution in [0, 0.1) is 0 Å². The number of carbonyl (C=O) groups is 1. The number of ether oxygens (including phenoxy) is 2. The first-order valence-corrected chi connectivity index (χ1v) is 11.5. The van der Waals surface area contributed by atoms with E-state index in [9.17, 15) is 19.5 Å². The van der Waals surface area contributed by atoms with Crippen LogP contribution in [-0.2, 0) is 25.4 Å². The van der Waals surface area contributed by atoms with E-state index in [0.29, 0.717) is 23.7 Å². The fourth-order valence-electron chi connectivity index (χ4n) is 3.08. The Balaban J connectivity index is 1.86. The molecule has 1 heterocycles. The Morgan fingerprint density at radius 1 is 0.971 bits per heavy atom. The summed E-state index contributed by atoms with van der Waals surface area (Å²) in [6, 6.07) is 14.0. The first-order chi connectivity index (χ1) is 16.7. The highest BCUT2D eigenvalue weighted by atomic mass is 32.2. The van der Waals surface area contributed by atoms with Crippen LogP contribution in [-0.4, -0.2) is 45.2 Å². The highest BCUT2D eigenvalue weighted by Crippen LogP contribution is 2.24. The van der Waals surface area contributed by atoms with Gasteiger partial charge in [-0.05, 0) is 42.0 Å². The maximum absolute atomic E-state index is 12.9. The Morgan fingerprint density at radius 3 is 2.11 bits per heavy atom. The van der Waals surface area contributed by atoms with Crippen molar-refractivity contribution in [2.75, 3.05) is 20.0 Å². The Labute approximate surface area is 205 Å². The van der Waals surface area contributed by atoms with Gasteiger partial charge in [-0.3, -0.25) is 18.7 Å². The lowest BCUT2D eigenvalue weighted by Crippen LogP contribution is -2.39. The third-order valence-corrected chi connectivity index (χ3v) is 6.11. The molecule has 10 nitrogen and oxygen atoms in total. The molecule has 0 aliphatic rings. The number of methoxy groups -OCH3 is 2. The average molecular weight is 499 g/mol. The van der Waals surface area contributed by atoms with E-state index in [1.165, 1.54) is 21.2 Å². The summed E-state index contributed by atoms with van der Waals surface area (Å²) in [5.41, 5.74) is -0.201. The van der Waals surface area contributed by atoms with Gasteiger partial charge in [0.05, 0.1) is 25.7 Å². The molecule has 3 aromatic rings. The van der Waals surface area contributed by atoms with Crippen molar-refractivity contribution in [1.29, 1.82) is 0 Å². The van der Waals surface area contributed by atoms with Crippen LogP contribution in [0.25, 0.3) is 0 Å². The molecule has 0 spiro atoms. The molecule has 0 radical (unpaired) electrons. The summed E-state index contributed by atoms with van der Waals surface area (Å²) in [4.78, 5) is 42.1. The normalized spacial score (nSPS) is 11.3. The fraction of sp³-hybridized carbons (Fsp3) is 0.250. The van der Waals surface area contributed by atoms with Gasteiger partial charge in [0.15, 0.2) is 0 Å². The Morgan fingerprint density at radius 2 is 1.54 bits per heavy atom. The van der Waals surface area contributed by atoms with E-state index in [4.69, 9.17) is 9.47 Å². The van der Waals surface area contributed by atoms with E-state index in [1.54, 1.807) is 43.5 Å². The first kappa shape index (κ1) is 25.6. The number of benzene rings is 2. The maximum atomic E-state index is 12.9. The fourth-order valence-corrected chi connectivity index (χ4v) is 3.95. The van der Waals surface area contributed by atoms with Crippen molar-refractivity contribution in [3.8, 4) is 17.4 Å². The summed E-state index contributed by atoms with van der Waals surface area (Å²) in [5.74, 6) is 0.438. The van der Waals surface area contributed by atoms with Gasteiger partial charge in [-0.1, -0.05) is 23.9 Å². The second-order valence-electron chi connectivity index (χ2n) is 7.43. The zero-order valence-corrected chi connectivity index (χ0v) is 20.6. The van der Waals surface area contributed by atoms with Crippen LogP contribution in [0.1, 0.15) is 11.1 Å². The minimum absolute atomic E-state index is 0.0728. The van der Waals surface area contributed by atoms with Crippen molar-refractivity contribution in [3.63, 3.8) is 0 Å². The van der Waals surface area contributed by atoms with E-state index in [1.807, 2.05) is 12.1 Å². The molecule has 1 aromatic heterocycles. The minimum Gasteiger partial charge on any atom is -0.497 e. The van der Waals surface area contributed by atoms with E-state index in [2.05, 4.69) is 10.3 Å². The van der Waals surface area contributed by atoms with E-state index in [0.717, 1.165) is 26.5 Å². The van der Waals surface area contributed by atoms with Crippen LogP contribution >= 0.6 is 11.8 Å². The number of aliphatic imine (C=N–C) groups is 1. The molecule has 0 aliphatic heterocycles. The number of hydrogen-bond acceptors (Lipinski definition) is 8. The highest BCUT2D eigenvalue weighted by Gasteiger charge is 2.21. The van der Waals surface area contributed by atoms with Crippen molar-refractivity contribution in [3.05, 3.63) is 80.5 Å². The molecule has 1 amide bonds. The van der Waals surface area contributed by atoms with Crippen LogP contribution in [0.3, 0.4) is 0 Å². The molecule has 0 fully saturated rings. The van der Waals surface area contributed by atoms with Gasteiger partial charge in [-0.2, -0.15) is 0 Å². The van der Waals surface area contributed by atoms with Gasteiger partial charge in [0.2, 0.25) is 11.8 Å². The van der Waals surface area contributed by atoms with Gasteiger partial charge in [-0.25, -0.2) is 9.79 Å². The quantitative estimate of drug-likeness (QED) is 0.359. The minimum atomic E-state index is -0.719. The first-order valence-electron chi connectivity index (χ1n) is 10.5. The summed E-state index contributed by atoms with van der Waals surface area (Å²) >= 11 is 0.978. The summed E-state index contributed by atoms with van der Waals surface area (Å²) in [6.45, 7) is 0.307. The molecular formula is C24H26N4O6S.